The molecule has 6 heteroatoms. The Morgan fingerprint density at radius 3 is 2.36 bits per heavy atom. The quantitative estimate of drug-likeness (QED) is 0.725. The number of rotatable bonds is 6. The number of hydrogen-bond donors (Lipinski definition) is 2. The second kappa shape index (κ2) is 9.13. The SMILES string of the molecule is CCN(CC)c1ccc([C@@H]2NC(=O)NC(C)=C2C(=O)OC2CCCCC2)cc1. The molecular weight excluding hydrogens is 354 g/mol. The summed E-state index contributed by atoms with van der Waals surface area (Å²) in [7, 11) is 0. The van der Waals surface area contributed by atoms with Crippen LogP contribution < -0.4 is 15.5 Å². The Balaban J connectivity index is 1.83. The van der Waals surface area contributed by atoms with E-state index in [9.17, 15) is 9.59 Å². The van der Waals surface area contributed by atoms with Crippen molar-refractivity contribution in [3.63, 3.8) is 0 Å². The lowest BCUT2D eigenvalue weighted by molar-refractivity contribution is -0.146. The van der Waals surface area contributed by atoms with Gasteiger partial charge in [0.2, 0.25) is 0 Å². The maximum Gasteiger partial charge on any atom is 0.338 e. The summed E-state index contributed by atoms with van der Waals surface area (Å²) in [6.07, 6.45) is 5.21. The van der Waals surface area contributed by atoms with E-state index in [0.717, 1.165) is 50.0 Å². The molecular formula is C22H31N3O3. The first kappa shape index (κ1) is 20.2. The van der Waals surface area contributed by atoms with Crippen LogP contribution in [0.15, 0.2) is 35.5 Å². The minimum absolute atomic E-state index is 0.0233. The molecule has 1 heterocycles. The van der Waals surface area contributed by atoms with Gasteiger partial charge in [0.25, 0.3) is 0 Å². The minimum atomic E-state index is -0.504. The lowest BCUT2D eigenvalue weighted by atomic mass is 9.94. The highest BCUT2D eigenvalue weighted by Crippen LogP contribution is 2.30. The molecule has 28 heavy (non-hydrogen) atoms. The number of nitrogens with zero attached hydrogens (tertiary/aromatic N) is 1. The number of ether oxygens (including phenoxy) is 1. The lowest BCUT2D eigenvalue weighted by Crippen LogP contribution is -2.45. The number of urea groups is 1. The maximum absolute atomic E-state index is 13.0. The van der Waals surface area contributed by atoms with E-state index in [1.54, 1.807) is 6.92 Å². The van der Waals surface area contributed by atoms with Gasteiger partial charge in [-0.2, -0.15) is 0 Å². The molecule has 2 aliphatic rings. The van der Waals surface area contributed by atoms with Crippen LogP contribution in [0.25, 0.3) is 0 Å². The molecule has 2 amide bonds. The molecule has 0 spiro atoms. The third-order valence-corrected chi connectivity index (χ3v) is 5.67. The van der Waals surface area contributed by atoms with Gasteiger partial charge in [0.05, 0.1) is 11.6 Å². The molecule has 2 N–H and O–H groups in total. The fraction of sp³-hybridized carbons (Fsp3) is 0.545. The number of allylic oxidation sites excluding steroid dienone is 1. The number of hydrogen-bond acceptors (Lipinski definition) is 4. The average molecular weight is 386 g/mol. The Kier molecular flexibility index (Phi) is 6.60. The van der Waals surface area contributed by atoms with Crippen molar-refractivity contribution >= 4 is 17.7 Å². The Morgan fingerprint density at radius 2 is 1.75 bits per heavy atom. The average Bonchev–Trinajstić information content (AvgIpc) is 2.69. The predicted octanol–water partition coefficient (Wildman–Crippen LogP) is 4.04. The number of carbonyl (C=O) groups excluding carboxylic acids is 2. The van der Waals surface area contributed by atoms with E-state index in [4.69, 9.17) is 4.74 Å². The molecule has 1 saturated carbocycles. The number of carbonyl (C=O) groups is 2. The standard InChI is InChI=1S/C22H31N3O3/c1-4-25(5-2)17-13-11-16(12-14-17)20-19(15(3)23-22(27)24-20)21(26)28-18-9-7-6-8-10-18/h11-14,18,20H,4-10H2,1-3H3,(H2,23,24,27)/t20-/m0/s1. The lowest BCUT2D eigenvalue weighted by Gasteiger charge is -2.30. The van der Waals surface area contributed by atoms with Gasteiger partial charge in [-0.15, -0.1) is 0 Å². The Hall–Kier alpha value is -2.50. The Labute approximate surface area is 167 Å². The third kappa shape index (κ3) is 4.49. The van der Waals surface area contributed by atoms with E-state index in [0.29, 0.717) is 11.3 Å². The van der Waals surface area contributed by atoms with Crippen molar-refractivity contribution in [2.45, 2.75) is 65.0 Å². The van der Waals surface area contributed by atoms with Crippen LogP contribution in [-0.2, 0) is 9.53 Å². The molecule has 0 saturated heterocycles. The number of esters is 1. The van der Waals surface area contributed by atoms with E-state index in [-0.39, 0.29) is 18.1 Å². The molecule has 0 aromatic heterocycles. The smallest absolute Gasteiger partial charge is 0.338 e. The highest BCUT2D eigenvalue weighted by molar-refractivity contribution is 5.95. The van der Waals surface area contributed by atoms with Crippen molar-refractivity contribution in [2.24, 2.45) is 0 Å². The summed E-state index contributed by atoms with van der Waals surface area (Å²) >= 11 is 0. The summed E-state index contributed by atoms with van der Waals surface area (Å²) in [5, 5.41) is 5.60. The molecule has 1 aromatic carbocycles. The molecule has 1 aliphatic carbocycles. The van der Waals surface area contributed by atoms with Gasteiger partial charge in [0.1, 0.15) is 6.10 Å². The molecule has 3 rings (SSSR count). The second-order valence-electron chi connectivity index (χ2n) is 7.50. The Bertz CT molecular complexity index is 732. The van der Waals surface area contributed by atoms with Gasteiger partial charge in [0.15, 0.2) is 0 Å². The number of nitrogens with one attached hydrogen (secondary N) is 2. The number of benzene rings is 1. The first-order valence-corrected chi connectivity index (χ1v) is 10.4. The van der Waals surface area contributed by atoms with Crippen molar-refractivity contribution in [3.8, 4) is 0 Å². The normalized spacial score (nSPS) is 20.4. The fourth-order valence-corrected chi connectivity index (χ4v) is 4.08. The van der Waals surface area contributed by atoms with Crippen molar-refractivity contribution in [2.75, 3.05) is 18.0 Å². The maximum atomic E-state index is 13.0. The minimum Gasteiger partial charge on any atom is -0.459 e. The molecule has 1 fully saturated rings. The van der Waals surface area contributed by atoms with Gasteiger partial charge in [-0.25, -0.2) is 9.59 Å². The van der Waals surface area contributed by atoms with Gasteiger partial charge in [-0.05, 0) is 64.2 Å². The molecule has 1 atom stereocenters. The summed E-state index contributed by atoms with van der Waals surface area (Å²) < 4.78 is 5.79. The summed E-state index contributed by atoms with van der Waals surface area (Å²) in [5.41, 5.74) is 3.05. The van der Waals surface area contributed by atoms with Gasteiger partial charge < -0.3 is 20.3 Å². The highest BCUT2D eigenvalue weighted by atomic mass is 16.5. The monoisotopic (exact) mass is 385 g/mol. The molecule has 0 unspecified atom stereocenters. The highest BCUT2D eigenvalue weighted by Gasteiger charge is 2.33. The summed E-state index contributed by atoms with van der Waals surface area (Å²) in [6.45, 7) is 7.86. The van der Waals surface area contributed by atoms with E-state index in [1.807, 2.05) is 24.3 Å². The third-order valence-electron chi connectivity index (χ3n) is 5.67. The molecule has 0 radical (unpaired) electrons. The van der Waals surface area contributed by atoms with Crippen LogP contribution in [0.5, 0.6) is 0 Å². The number of amides is 2. The van der Waals surface area contributed by atoms with Crippen molar-refractivity contribution in [1.29, 1.82) is 0 Å². The van der Waals surface area contributed by atoms with Crippen LogP contribution in [0.1, 0.15) is 64.5 Å². The molecule has 1 aliphatic heterocycles. The first-order chi connectivity index (χ1) is 13.5. The fourth-order valence-electron chi connectivity index (χ4n) is 4.08. The van der Waals surface area contributed by atoms with Crippen molar-refractivity contribution < 1.29 is 14.3 Å². The number of anilines is 1. The van der Waals surface area contributed by atoms with E-state index < -0.39 is 6.04 Å². The summed E-state index contributed by atoms with van der Waals surface area (Å²) in [5.74, 6) is -0.338. The van der Waals surface area contributed by atoms with Crippen LogP contribution >= 0.6 is 0 Å². The van der Waals surface area contributed by atoms with E-state index in [1.165, 1.54) is 6.42 Å². The summed E-state index contributed by atoms with van der Waals surface area (Å²) in [6, 6.07) is 7.22. The zero-order valence-corrected chi connectivity index (χ0v) is 17.1. The topological polar surface area (TPSA) is 70.7 Å². The van der Waals surface area contributed by atoms with Crippen LogP contribution in [0.3, 0.4) is 0 Å². The zero-order chi connectivity index (χ0) is 20.1. The molecule has 152 valence electrons. The van der Waals surface area contributed by atoms with Crippen LogP contribution in [-0.4, -0.2) is 31.2 Å². The molecule has 6 nitrogen and oxygen atoms in total. The van der Waals surface area contributed by atoms with Crippen LogP contribution in [0.4, 0.5) is 10.5 Å². The van der Waals surface area contributed by atoms with E-state index >= 15 is 0 Å². The van der Waals surface area contributed by atoms with Crippen LogP contribution in [0, 0.1) is 0 Å². The van der Waals surface area contributed by atoms with Crippen molar-refractivity contribution in [3.05, 3.63) is 41.1 Å². The van der Waals surface area contributed by atoms with Gasteiger partial charge in [-0.1, -0.05) is 18.6 Å². The Morgan fingerprint density at radius 1 is 1.11 bits per heavy atom. The van der Waals surface area contributed by atoms with Crippen molar-refractivity contribution in [1.82, 2.24) is 10.6 Å². The van der Waals surface area contributed by atoms with Gasteiger partial charge in [-0.3, -0.25) is 0 Å². The van der Waals surface area contributed by atoms with Gasteiger partial charge in [0, 0.05) is 24.5 Å². The molecule has 0 bridgehead atoms. The van der Waals surface area contributed by atoms with Crippen LogP contribution in [0.2, 0.25) is 0 Å². The predicted molar refractivity (Wildman–Crippen MR) is 110 cm³/mol. The van der Waals surface area contributed by atoms with E-state index in [2.05, 4.69) is 29.4 Å². The summed E-state index contributed by atoms with van der Waals surface area (Å²) in [4.78, 5) is 27.3. The molecule has 1 aromatic rings. The largest absolute Gasteiger partial charge is 0.459 e. The first-order valence-electron chi connectivity index (χ1n) is 10.4. The second-order valence-corrected chi connectivity index (χ2v) is 7.50. The zero-order valence-electron chi connectivity index (χ0n) is 17.1. The van der Waals surface area contributed by atoms with Gasteiger partial charge >= 0.3 is 12.0 Å².